The maximum absolute atomic E-state index is 12.4. The number of thioether (sulfide) groups is 1. The molecule has 29 heavy (non-hydrogen) atoms. The summed E-state index contributed by atoms with van der Waals surface area (Å²) >= 11 is 1.78. The number of nitrogens with two attached hydrogens (primary N) is 1. The normalized spacial score (nSPS) is 17.6. The van der Waals surface area contributed by atoms with Crippen LogP contribution in [0.5, 0.6) is 0 Å². The Morgan fingerprint density at radius 2 is 1.76 bits per heavy atom. The molecule has 9 heteroatoms. The Hall–Kier alpha value is -1.77. The highest BCUT2D eigenvalue weighted by Gasteiger charge is 2.30. The van der Waals surface area contributed by atoms with Gasteiger partial charge in [0.1, 0.15) is 0 Å². The van der Waals surface area contributed by atoms with Crippen LogP contribution < -0.4 is 21.7 Å². The zero-order valence-corrected chi connectivity index (χ0v) is 18.2. The Morgan fingerprint density at radius 1 is 1.07 bits per heavy atom. The van der Waals surface area contributed by atoms with Gasteiger partial charge in [0.15, 0.2) is 0 Å². The monoisotopic (exact) mass is 456 g/mol. The van der Waals surface area contributed by atoms with Crippen molar-refractivity contribution >= 4 is 54.1 Å². The summed E-state index contributed by atoms with van der Waals surface area (Å²) in [5, 5.41) is 8.87. The van der Waals surface area contributed by atoms with Crippen molar-refractivity contribution in [2.24, 2.45) is 5.73 Å². The summed E-state index contributed by atoms with van der Waals surface area (Å²) < 4.78 is 0. The van der Waals surface area contributed by atoms with Gasteiger partial charge in [0, 0.05) is 28.9 Å². The molecule has 1 aliphatic rings. The maximum Gasteiger partial charge on any atom is 0.241 e. The number of anilines is 1. The van der Waals surface area contributed by atoms with Crippen LogP contribution in [0.15, 0.2) is 59.5 Å². The molecule has 0 unspecified atom stereocenters. The number of nitrogens with one attached hydrogen (secondary N) is 3. The minimum absolute atomic E-state index is 0. The molecule has 6 nitrogen and oxygen atoms in total. The molecule has 2 aromatic carbocycles. The Balaban J connectivity index is 0.00000210. The van der Waals surface area contributed by atoms with Gasteiger partial charge in [-0.25, -0.2) is 0 Å². The third-order valence-corrected chi connectivity index (χ3v) is 5.45. The van der Waals surface area contributed by atoms with E-state index < -0.39 is 0 Å². The lowest BCUT2D eigenvalue weighted by Crippen LogP contribution is -2.39. The van der Waals surface area contributed by atoms with E-state index in [1.165, 1.54) is 10.5 Å². The van der Waals surface area contributed by atoms with Gasteiger partial charge < -0.3 is 21.7 Å². The average molecular weight is 457 g/mol. The summed E-state index contributed by atoms with van der Waals surface area (Å²) in [7, 11) is 0. The van der Waals surface area contributed by atoms with Gasteiger partial charge in [-0.1, -0.05) is 30.3 Å². The number of hydrogen-bond donors (Lipinski definition) is 4. The van der Waals surface area contributed by atoms with Crippen molar-refractivity contribution in [1.29, 1.82) is 0 Å². The van der Waals surface area contributed by atoms with Crippen LogP contribution in [0.1, 0.15) is 12.0 Å². The minimum atomic E-state index is -0.318. The SMILES string of the molecule is Cl.Cl.NCC(=O)N[C@H]1CN[C@H](C(=O)Nc2ccc(CSc3ccccc3)cc2)C1. The number of amides is 2. The lowest BCUT2D eigenvalue weighted by molar-refractivity contribution is -0.121. The van der Waals surface area contributed by atoms with Gasteiger partial charge in [-0.3, -0.25) is 9.59 Å². The van der Waals surface area contributed by atoms with Gasteiger partial charge in [-0.2, -0.15) is 0 Å². The number of benzene rings is 2. The second kappa shape index (κ2) is 12.7. The van der Waals surface area contributed by atoms with E-state index >= 15 is 0 Å². The van der Waals surface area contributed by atoms with Gasteiger partial charge in [0.2, 0.25) is 11.8 Å². The molecule has 0 bridgehead atoms. The Bertz CT molecular complexity index is 778. The molecule has 1 fully saturated rings. The lowest BCUT2D eigenvalue weighted by atomic mass is 10.1. The van der Waals surface area contributed by atoms with Gasteiger partial charge >= 0.3 is 0 Å². The summed E-state index contributed by atoms with van der Waals surface area (Å²) in [6, 6.07) is 17.8. The fourth-order valence-corrected chi connectivity index (χ4v) is 3.80. The molecule has 0 aliphatic carbocycles. The van der Waals surface area contributed by atoms with E-state index in [9.17, 15) is 9.59 Å². The highest BCUT2D eigenvalue weighted by atomic mass is 35.5. The Kier molecular flexibility index (Phi) is 11.1. The van der Waals surface area contributed by atoms with Gasteiger partial charge in [0.05, 0.1) is 12.6 Å². The zero-order valence-electron chi connectivity index (χ0n) is 15.8. The third kappa shape index (κ3) is 7.87. The first-order valence-corrected chi connectivity index (χ1v) is 9.93. The van der Waals surface area contributed by atoms with Crippen molar-refractivity contribution in [3.63, 3.8) is 0 Å². The summed E-state index contributed by atoms with van der Waals surface area (Å²) in [4.78, 5) is 25.0. The first-order valence-electron chi connectivity index (χ1n) is 8.94. The van der Waals surface area contributed by atoms with E-state index in [0.29, 0.717) is 13.0 Å². The molecular weight excluding hydrogens is 431 g/mol. The molecule has 0 aromatic heterocycles. The van der Waals surface area contributed by atoms with E-state index in [2.05, 4.69) is 28.1 Å². The van der Waals surface area contributed by atoms with E-state index in [0.717, 1.165) is 11.4 Å². The molecule has 1 aliphatic heterocycles. The van der Waals surface area contributed by atoms with Crippen LogP contribution in [0.4, 0.5) is 5.69 Å². The number of carbonyl (C=O) groups is 2. The van der Waals surface area contributed by atoms with E-state index in [-0.39, 0.29) is 55.3 Å². The van der Waals surface area contributed by atoms with Gasteiger partial charge in [0.25, 0.3) is 0 Å². The minimum Gasteiger partial charge on any atom is -0.351 e. The molecule has 0 saturated carbocycles. The largest absolute Gasteiger partial charge is 0.351 e. The summed E-state index contributed by atoms with van der Waals surface area (Å²) in [6.45, 7) is 0.530. The molecule has 2 atom stereocenters. The van der Waals surface area contributed by atoms with Crippen molar-refractivity contribution in [2.45, 2.75) is 29.2 Å². The number of hydrogen-bond acceptors (Lipinski definition) is 5. The standard InChI is InChI=1S/C20H24N4O2S.2ClH/c21-11-19(25)23-16-10-18(22-12-16)20(26)24-15-8-6-14(7-9-15)13-27-17-4-2-1-3-5-17;;/h1-9,16,18,22H,10-13,21H2,(H,23,25)(H,24,26);2*1H/t16-,18+;;/m1../s1. The molecule has 1 saturated heterocycles. The molecule has 2 amide bonds. The van der Waals surface area contributed by atoms with Crippen LogP contribution in [0.3, 0.4) is 0 Å². The molecule has 158 valence electrons. The molecular formula is C20H26Cl2N4O2S. The maximum atomic E-state index is 12.4. The fourth-order valence-electron chi connectivity index (χ4n) is 2.93. The van der Waals surface area contributed by atoms with Crippen molar-refractivity contribution in [3.8, 4) is 0 Å². The molecule has 0 spiro atoms. The number of halogens is 2. The predicted molar refractivity (Wildman–Crippen MR) is 123 cm³/mol. The second-order valence-electron chi connectivity index (χ2n) is 6.45. The smallest absolute Gasteiger partial charge is 0.241 e. The first kappa shape index (κ1) is 25.3. The van der Waals surface area contributed by atoms with E-state index in [1.807, 2.05) is 42.5 Å². The molecule has 1 heterocycles. The van der Waals surface area contributed by atoms with Crippen LogP contribution in [0.2, 0.25) is 0 Å². The van der Waals surface area contributed by atoms with Gasteiger partial charge in [-0.15, -0.1) is 36.6 Å². The predicted octanol–water partition coefficient (Wildman–Crippen LogP) is 2.57. The van der Waals surface area contributed by atoms with Crippen LogP contribution in [-0.2, 0) is 15.3 Å². The first-order chi connectivity index (χ1) is 13.1. The van der Waals surface area contributed by atoms with Crippen LogP contribution in [-0.4, -0.2) is 37.0 Å². The number of carbonyl (C=O) groups excluding carboxylic acids is 2. The Labute approximate surface area is 187 Å². The van der Waals surface area contributed by atoms with Gasteiger partial charge in [-0.05, 0) is 36.2 Å². The second-order valence-corrected chi connectivity index (χ2v) is 7.50. The summed E-state index contributed by atoms with van der Waals surface area (Å²) in [6.07, 6.45) is 0.559. The summed E-state index contributed by atoms with van der Waals surface area (Å²) in [5.41, 5.74) is 7.27. The highest BCUT2D eigenvalue weighted by Crippen LogP contribution is 2.23. The van der Waals surface area contributed by atoms with Crippen LogP contribution in [0.25, 0.3) is 0 Å². The van der Waals surface area contributed by atoms with E-state index in [1.54, 1.807) is 11.8 Å². The molecule has 3 rings (SSSR count). The third-order valence-electron chi connectivity index (χ3n) is 4.37. The zero-order chi connectivity index (χ0) is 19.1. The fraction of sp³-hybridized carbons (Fsp3) is 0.300. The van der Waals surface area contributed by atoms with Crippen molar-refractivity contribution in [1.82, 2.24) is 10.6 Å². The topological polar surface area (TPSA) is 96.2 Å². The average Bonchev–Trinajstić information content (AvgIpc) is 3.17. The number of rotatable bonds is 7. The van der Waals surface area contributed by atoms with Crippen molar-refractivity contribution in [3.05, 3.63) is 60.2 Å². The van der Waals surface area contributed by atoms with Crippen molar-refractivity contribution in [2.75, 3.05) is 18.4 Å². The quantitative estimate of drug-likeness (QED) is 0.480. The Morgan fingerprint density at radius 3 is 2.41 bits per heavy atom. The molecule has 0 radical (unpaired) electrons. The van der Waals surface area contributed by atoms with E-state index in [4.69, 9.17) is 5.73 Å². The van der Waals surface area contributed by atoms with Crippen LogP contribution >= 0.6 is 36.6 Å². The van der Waals surface area contributed by atoms with Crippen LogP contribution in [0, 0.1) is 0 Å². The molecule has 2 aromatic rings. The van der Waals surface area contributed by atoms with Crippen molar-refractivity contribution < 1.29 is 9.59 Å². The molecule has 5 N–H and O–H groups in total. The summed E-state index contributed by atoms with van der Waals surface area (Å²) in [5.74, 6) is 0.586. The lowest BCUT2D eigenvalue weighted by Gasteiger charge is -2.13. The highest BCUT2D eigenvalue weighted by molar-refractivity contribution is 7.98.